The van der Waals surface area contributed by atoms with Crippen LogP contribution >= 0.6 is 0 Å². The topological polar surface area (TPSA) is 69.0 Å². The molecular formula is C18H17FN4O. The van der Waals surface area contributed by atoms with Gasteiger partial charge in [-0.05, 0) is 31.0 Å². The van der Waals surface area contributed by atoms with E-state index >= 15 is 0 Å². The van der Waals surface area contributed by atoms with Gasteiger partial charge in [0.15, 0.2) is 0 Å². The first kappa shape index (κ1) is 15.9. The Hall–Kier alpha value is -2.94. The van der Waals surface area contributed by atoms with E-state index in [9.17, 15) is 14.4 Å². The van der Waals surface area contributed by atoms with Crippen LogP contribution in [0.4, 0.5) is 10.2 Å². The molecule has 1 amide bonds. The van der Waals surface area contributed by atoms with Crippen molar-refractivity contribution < 1.29 is 9.18 Å². The summed E-state index contributed by atoms with van der Waals surface area (Å²) in [7, 11) is 0. The Balaban J connectivity index is 1.72. The summed E-state index contributed by atoms with van der Waals surface area (Å²) in [5.41, 5.74) is 0.490. The number of halogens is 1. The highest BCUT2D eigenvalue weighted by Gasteiger charge is 2.19. The second-order valence-electron chi connectivity index (χ2n) is 5.66. The molecule has 24 heavy (non-hydrogen) atoms. The number of benzene rings is 1. The molecule has 0 radical (unpaired) electrons. The van der Waals surface area contributed by atoms with Gasteiger partial charge in [0.05, 0.1) is 11.6 Å². The normalized spacial score (nSPS) is 14.9. The molecule has 1 fully saturated rings. The Morgan fingerprint density at radius 1 is 1.25 bits per heavy atom. The molecule has 122 valence electrons. The van der Waals surface area contributed by atoms with Crippen molar-refractivity contribution in [2.45, 2.75) is 18.9 Å². The maximum absolute atomic E-state index is 13.8. The summed E-state index contributed by atoms with van der Waals surface area (Å²) < 4.78 is 13.8. The quantitative estimate of drug-likeness (QED) is 0.939. The molecule has 6 heteroatoms. The van der Waals surface area contributed by atoms with Gasteiger partial charge in [-0.15, -0.1) is 0 Å². The number of carbonyl (C=O) groups is 1. The molecule has 2 heterocycles. The van der Waals surface area contributed by atoms with E-state index in [0.717, 1.165) is 31.7 Å². The van der Waals surface area contributed by atoms with Gasteiger partial charge < -0.3 is 10.2 Å². The van der Waals surface area contributed by atoms with Crippen molar-refractivity contribution in [3.05, 3.63) is 59.5 Å². The van der Waals surface area contributed by atoms with Crippen LogP contribution in [-0.2, 0) is 0 Å². The molecule has 0 saturated carbocycles. The van der Waals surface area contributed by atoms with Gasteiger partial charge in [-0.25, -0.2) is 9.37 Å². The van der Waals surface area contributed by atoms with Gasteiger partial charge in [-0.2, -0.15) is 5.26 Å². The first-order valence-corrected chi connectivity index (χ1v) is 7.85. The van der Waals surface area contributed by atoms with E-state index in [1.165, 1.54) is 24.4 Å². The van der Waals surface area contributed by atoms with Crippen LogP contribution in [0.2, 0.25) is 0 Å². The van der Waals surface area contributed by atoms with Crippen molar-refractivity contribution in [3.8, 4) is 6.07 Å². The van der Waals surface area contributed by atoms with Gasteiger partial charge in [0.2, 0.25) is 0 Å². The van der Waals surface area contributed by atoms with Crippen LogP contribution in [0.25, 0.3) is 0 Å². The molecular weight excluding hydrogens is 307 g/mol. The van der Waals surface area contributed by atoms with E-state index in [1.54, 1.807) is 18.2 Å². The van der Waals surface area contributed by atoms with Gasteiger partial charge in [0.25, 0.3) is 5.91 Å². The number of nitrogens with zero attached hydrogens (tertiary/aromatic N) is 3. The Morgan fingerprint density at radius 2 is 2.00 bits per heavy atom. The third-order valence-corrected chi connectivity index (χ3v) is 4.06. The average Bonchev–Trinajstić information content (AvgIpc) is 3.15. The van der Waals surface area contributed by atoms with Crippen LogP contribution in [0.15, 0.2) is 42.6 Å². The number of pyridine rings is 1. The molecule has 2 aromatic rings. The van der Waals surface area contributed by atoms with E-state index in [1.807, 2.05) is 6.07 Å². The molecule has 3 rings (SSSR count). The summed E-state index contributed by atoms with van der Waals surface area (Å²) in [6.07, 6.45) is 3.78. The van der Waals surface area contributed by atoms with Crippen LogP contribution in [0.3, 0.4) is 0 Å². The molecule has 0 spiro atoms. The molecule has 0 bridgehead atoms. The average molecular weight is 324 g/mol. The predicted octanol–water partition coefficient (Wildman–Crippen LogP) is 2.82. The summed E-state index contributed by atoms with van der Waals surface area (Å²) in [5, 5.41) is 11.8. The number of amides is 1. The number of anilines is 1. The number of carbonyl (C=O) groups excluding carboxylic acids is 1. The SMILES string of the molecule is N#CC(NC(=O)c1ccc(N2CCCC2)nc1)c1ccccc1F. The van der Waals surface area contributed by atoms with Gasteiger partial charge >= 0.3 is 0 Å². The minimum absolute atomic E-state index is 0.148. The minimum atomic E-state index is -1.04. The Morgan fingerprint density at radius 3 is 2.62 bits per heavy atom. The Labute approximate surface area is 139 Å². The van der Waals surface area contributed by atoms with Crippen molar-refractivity contribution in [1.29, 1.82) is 5.26 Å². The summed E-state index contributed by atoms with van der Waals surface area (Å²) in [4.78, 5) is 18.8. The van der Waals surface area contributed by atoms with E-state index in [0.29, 0.717) is 5.56 Å². The third-order valence-electron chi connectivity index (χ3n) is 4.06. The van der Waals surface area contributed by atoms with Gasteiger partial charge in [0.1, 0.15) is 17.7 Å². The summed E-state index contributed by atoms with van der Waals surface area (Å²) in [6, 6.07) is 10.3. The van der Waals surface area contributed by atoms with Crippen molar-refractivity contribution in [2.24, 2.45) is 0 Å². The number of hydrogen-bond acceptors (Lipinski definition) is 4. The standard InChI is InChI=1S/C18H17FN4O/c19-15-6-2-1-5-14(15)16(11-20)22-18(24)13-7-8-17(21-12-13)23-9-3-4-10-23/h1-2,5-8,12,16H,3-4,9-10H2,(H,22,24). The van der Waals surface area contributed by atoms with Crippen LogP contribution in [-0.4, -0.2) is 24.0 Å². The van der Waals surface area contributed by atoms with Gasteiger partial charge in [-0.3, -0.25) is 4.79 Å². The van der Waals surface area contributed by atoms with Gasteiger partial charge in [-0.1, -0.05) is 18.2 Å². The fourth-order valence-corrected chi connectivity index (χ4v) is 2.76. The number of hydrogen-bond donors (Lipinski definition) is 1. The lowest BCUT2D eigenvalue weighted by molar-refractivity contribution is 0.0944. The molecule has 1 saturated heterocycles. The summed E-state index contributed by atoms with van der Waals surface area (Å²) in [6.45, 7) is 1.95. The fourth-order valence-electron chi connectivity index (χ4n) is 2.76. The first-order chi connectivity index (χ1) is 11.7. The molecule has 5 nitrogen and oxygen atoms in total. The van der Waals surface area contributed by atoms with E-state index in [2.05, 4.69) is 15.2 Å². The number of rotatable bonds is 4. The minimum Gasteiger partial charge on any atom is -0.357 e. The number of nitrogens with one attached hydrogen (secondary N) is 1. The van der Waals surface area contributed by atoms with Crippen molar-refractivity contribution in [1.82, 2.24) is 10.3 Å². The van der Waals surface area contributed by atoms with Crippen LogP contribution in [0.5, 0.6) is 0 Å². The maximum atomic E-state index is 13.8. The highest BCUT2D eigenvalue weighted by Crippen LogP contribution is 2.19. The molecule has 1 atom stereocenters. The zero-order valence-electron chi connectivity index (χ0n) is 13.1. The van der Waals surface area contributed by atoms with Crippen LogP contribution < -0.4 is 10.2 Å². The van der Waals surface area contributed by atoms with E-state index in [-0.39, 0.29) is 5.56 Å². The number of nitriles is 1. The highest BCUT2D eigenvalue weighted by molar-refractivity contribution is 5.94. The highest BCUT2D eigenvalue weighted by atomic mass is 19.1. The summed E-state index contributed by atoms with van der Waals surface area (Å²) in [5.74, 6) is -0.132. The monoisotopic (exact) mass is 324 g/mol. The lowest BCUT2D eigenvalue weighted by Crippen LogP contribution is -2.28. The fraction of sp³-hybridized carbons (Fsp3) is 0.278. The van der Waals surface area contributed by atoms with Crippen molar-refractivity contribution >= 4 is 11.7 Å². The largest absolute Gasteiger partial charge is 0.357 e. The van der Waals surface area contributed by atoms with E-state index < -0.39 is 17.8 Å². The number of aromatic nitrogens is 1. The second kappa shape index (κ2) is 7.09. The first-order valence-electron chi connectivity index (χ1n) is 7.85. The van der Waals surface area contributed by atoms with Crippen LogP contribution in [0.1, 0.15) is 34.8 Å². The third kappa shape index (κ3) is 3.35. The van der Waals surface area contributed by atoms with Gasteiger partial charge in [0, 0.05) is 24.8 Å². The molecule has 1 aromatic heterocycles. The zero-order valence-corrected chi connectivity index (χ0v) is 13.1. The second-order valence-corrected chi connectivity index (χ2v) is 5.66. The summed E-state index contributed by atoms with van der Waals surface area (Å²) >= 11 is 0. The molecule has 1 aromatic carbocycles. The molecule has 1 unspecified atom stereocenters. The molecule has 0 aliphatic carbocycles. The zero-order chi connectivity index (χ0) is 16.9. The maximum Gasteiger partial charge on any atom is 0.254 e. The van der Waals surface area contributed by atoms with Crippen molar-refractivity contribution in [2.75, 3.05) is 18.0 Å². The Kier molecular flexibility index (Phi) is 4.71. The lowest BCUT2D eigenvalue weighted by Gasteiger charge is -2.16. The molecule has 1 N–H and O–H groups in total. The van der Waals surface area contributed by atoms with Crippen molar-refractivity contribution in [3.63, 3.8) is 0 Å². The predicted molar refractivity (Wildman–Crippen MR) is 87.9 cm³/mol. The Bertz CT molecular complexity index is 763. The molecule has 1 aliphatic heterocycles. The smallest absolute Gasteiger partial charge is 0.254 e. The van der Waals surface area contributed by atoms with Crippen LogP contribution in [0, 0.1) is 17.1 Å². The lowest BCUT2D eigenvalue weighted by atomic mass is 10.1. The van der Waals surface area contributed by atoms with E-state index in [4.69, 9.17) is 0 Å². The molecule has 1 aliphatic rings.